The van der Waals surface area contributed by atoms with Crippen LogP contribution in [-0.4, -0.2) is 29.9 Å². The van der Waals surface area contributed by atoms with Crippen molar-refractivity contribution in [2.75, 3.05) is 11.3 Å². The number of hydrogen-bond acceptors (Lipinski definition) is 4. The molecule has 2 N–H and O–H groups in total. The molecular weight excluding hydrogens is 405 g/mol. The summed E-state index contributed by atoms with van der Waals surface area (Å²) in [6.45, 7) is 3.50. The van der Waals surface area contributed by atoms with Crippen LogP contribution in [0.15, 0.2) is 29.2 Å². The van der Waals surface area contributed by atoms with E-state index in [2.05, 4.69) is 32.4 Å². The molecule has 6 nitrogen and oxygen atoms in total. The van der Waals surface area contributed by atoms with Gasteiger partial charge in [-0.05, 0) is 60.7 Å². The average molecular weight is 421 g/mol. The number of halogens is 1. The van der Waals surface area contributed by atoms with Crippen LogP contribution in [0.2, 0.25) is 0 Å². The molecule has 1 aromatic heterocycles. The summed E-state index contributed by atoms with van der Waals surface area (Å²) in [6.07, 6.45) is 0. The number of benzene rings is 1. The van der Waals surface area contributed by atoms with Gasteiger partial charge in [0.1, 0.15) is 4.90 Å². The van der Waals surface area contributed by atoms with Gasteiger partial charge in [0.2, 0.25) is 0 Å². The summed E-state index contributed by atoms with van der Waals surface area (Å²) >= 11 is 2.15. The summed E-state index contributed by atoms with van der Waals surface area (Å²) in [4.78, 5) is 0.162. The summed E-state index contributed by atoms with van der Waals surface area (Å²) in [5.41, 5.74) is 1.43. The van der Waals surface area contributed by atoms with Crippen LogP contribution in [0, 0.1) is 17.4 Å². The molecule has 2 aromatic rings. The van der Waals surface area contributed by atoms with Crippen LogP contribution in [-0.2, 0) is 16.6 Å². The van der Waals surface area contributed by atoms with Gasteiger partial charge in [-0.3, -0.25) is 9.40 Å². The van der Waals surface area contributed by atoms with E-state index < -0.39 is 10.0 Å². The minimum atomic E-state index is -3.70. The number of aliphatic hydroxyl groups excluding tert-OH is 1. The number of rotatable bonds is 5. The highest BCUT2D eigenvalue weighted by Gasteiger charge is 2.24. The standard InChI is InChI=1S/C13H16IN3O3S/c1-9-13(10(2)17(15-9)7-8-18)21(19,20)16-12-5-3-11(14)4-6-12/h3-6,16,18H,7-8H2,1-2H3. The van der Waals surface area contributed by atoms with Crippen LogP contribution < -0.4 is 4.72 Å². The average Bonchev–Trinajstić information content (AvgIpc) is 2.68. The van der Waals surface area contributed by atoms with E-state index in [-0.39, 0.29) is 18.0 Å². The number of hydrogen-bond donors (Lipinski definition) is 2. The number of anilines is 1. The number of nitrogens with one attached hydrogen (secondary N) is 1. The number of sulfonamides is 1. The quantitative estimate of drug-likeness (QED) is 0.723. The molecule has 0 saturated heterocycles. The Balaban J connectivity index is 2.38. The van der Waals surface area contributed by atoms with Crippen LogP contribution in [0.1, 0.15) is 11.4 Å². The summed E-state index contributed by atoms with van der Waals surface area (Å²) in [6, 6.07) is 7.07. The molecule has 0 bridgehead atoms. The molecule has 0 aliphatic heterocycles. The molecule has 0 aliphatic rings. The molecule has 8 heteroatoms. The first-order chi connectivity index (χ1) is 9.85. The van der Waals surface area contributed by atoms with Gasteiger partial charge < -0.3 is 5.11 Å². The van der Waals surface area contributed by atoms with E-state index in [1.165, 1.54) is 4.68 Å². The van der Waals surface area contributed by atoms with Crippen molar-refractivity contribution in [2.45, 2.75) is 25.3 Å². The van der Waals surface area contributed by atoms with E-state index in [1.54, 1.807) is 26.0 Å². The zero-order valence-electron chi connectivity index (χ0n) is 11.7. The van der Waals surface area contributed by atoms with Gasteiger partial charge in [0, 0.05) is 9.26 Å². The van der Waals surface area contributed by atoms with E-state index in [0.717, 1.165) is 3.57 Å². The second-order valence-electron chi connectivity index (χ2n) is 4.56. The monoisotopic (exact) mass is 421 g/mol. The number of nitrogens with zero attached hydrogens (tertiary/aromatic N) is 2. The molecule has 21 heavy (non-hydrogen) atoms. The van der Waals surface area contributed by atoms with Gasteiger partial charge >= 0.3 is 0 Å². The van der Waals surface area contributed by atoms with Crippen molar-refractivity contribution in [3.05, 3.63) is 39.2 Å². The fraction of sp³-hybridized carbons (Fsp3) is 0.308. The molecule has 1 heterocycles. The Hall–Kier alpha value is -1.13. The zero-order chi connectivity index (χ0) is 15.6. The van der Waals surface area contributed by atoms with Gasteiger partial charge in [-0.25, -0.2) is 8.42 Å². The first-order valence-electron chi connectivity index (χ1n) is 6.28. The van der Waals surface area contributed by atoms with Gasteiger partial charge in [0.05, 0.1) is 24.5 Å². The van der Waals surface area contributed by atoms with Gasteiger partial charge in [-0.1, -0.05) is 0 Å². The van der Waals surface area contributed by atoms with E-state index in [9.17, 15) is 8.42 Å². The molecule has 0 spiro atoms. The topological polar surface area (TPSA) is 84.2 Å². The molecule has 0 atom stereocenters. The molecule has 0 fully saturated rings. The number of aromatic nitrogens is 2. The number of aryl methyl sites for hydroxylation is 1. The molecular formula is C13H16IN3O3S. The third kappa shape index (κ3) is 3.55. The van der Waals surface area contributed by atoms with Crippen molar-refractivity contribution in [1.82, 2.24) is 9.78 Å². The summed E-state index contributed by atoms with van der Waals surface area (Å²) < 4.78 is 30.1. The normalized spacial score (nSPS) is 11.6. The van der Waals surface area contributed by atoms with Gasteiger partial charge in [0.15, 0.2) is 0 Å². The highest BCUT2D eigenvalue weighted by Crippen LogP contribution is 2.23. The van der Waals surface area contributed by atoms with Crippen molar-refractivity contribution in [3.8, 4) is 0 Å². The molecule has 1 aromatic carbocycles. The fourth-order valence-electron chi connectivity index (χ4n) is 2.11. The first kappa shape index (κ1) is 16.2. The highest BCUT2D eigenvalue weighted by molar-refractivity contribution is 14.1. The van der Waals surface area contributed by atoms with E-state index >= 15 is 0 Å². The Morgan fingerprint density at radius 1 is 1.29 bits per heavy atom. The van der Waals surface area contributed by atoms with Crippen LogP contribution in [0.4, 0.5) is 5.69 Å². The predicted octanol–water partition coefficient (Wildman–Crippen LogP) is 1.90. The van der Waals surface area contributed by atoms with E-state index in [1.807, 2.05) is 12.1 Å². The van der Waals surface area contributed by atoms with Crippen molar-refractivity contribution in [2.24, 2.45) is 0 Å². The third-order valence-electron chi connectivity index (χ3n) is 2.99. The lowest BCUT2D eigenvalue weighted by Crippen LogP contribution is -2.15. The Labute approximate surface area is 137 Å². The SMILES string of the molecule is Cc1nn(CCO)c(C)c1S(=O)(=O)Nc1ccc(I)cc1. The Bertz CT molecular complexity index is 739. The van der Waals surface area contributed by atoms with Crippen molar-refractivity contribution >= 4 is 38.3 Å². The molecule has 0 amide bonds. The van der Waals surface area contributed by atoms with Crippen LogP contribution >= 0.6 is 22.6 Å². The molecule has 0 unspecified atom stereocenters. The van der Waals surface area contributed by atoms with Gasteiger partial charge in [-0.15, -0.1) is 0 Å². The maximum atomic E-state index is 12.5. The van der Waals surface area contributed by atoms with Crippen LogP contribution in [0.3, 0.4) is 0 Å². The third-order valence-corrected chi connectivity index (χ3v) is 5.34. The second kappa shape index (κ2) is 6.32. The number of aliphatic hydroxyl groups is 1. The molecule has 0 aliphatic carbocycles. The van der Waals surface area contributed by atoms with Crippen molar-refractivity contribution < 1.29 is 13.5 Å². The first-order valence-corrected chi connectivity index (χ1v) is 8.84. The predicted molar refractivity (Wildman–Crippen MR) is 88.8 cm³/mol. The lowest BCUT2D eigenvalue weighted by Gasteiger charge is -2.09. The second-order valence-corrected chi connectivity index (χ2v) is 7.42. The zero-order valence-corrected chi connectivity index (χ0v) is 14.6. The van der Waals surface area contributed by atoms with Gasteiger partial charge in [0.25, 0.3) is 10.0 Å². The minimum absolute atomic E-state index is 0.0913. The largest absolute Gasteiger partial charge is 0.394 e. The summed E-state index contributed by atoms with van der Waals surface area (Å²) in [5, 5.41) is 13.1. The molecule has 114 valence electrons. The van der Waals surface area contributed by atoms with Crippen molar-refractivity contribution in [3.63, 3.8) is 0 Å². The molecule has 0 saturated carbocycles. The minimum Gasteiger partial charge on any atom is -0.394 e. The lowest BCUT2D eigenvalue weighted by molar-refractivity contribution is 0.267. The van der Waals surface area contributed by atoms with E-state index in [0.29, 0.717) is 17.1 Å². The lowest BCUT2D eigenvalue weighted by atomic mass is 10.3. The Kier molecular flexibility index (Phi) is 4.89. The summed E-state index contributed by atoms with van der Waals surface area (Å²) in [5.74, 6) is 0. The maximum Gasteiger partial charge on any atom is 0.265 e. The summed E-state index contributed by atoms with van der Waals surface area (Å²) in [7, 11) is -3.70. The van der Waals surface area contributed by atoms with Crippen LogP contribution in [0.25, 0.3) is 0 Å². The molecule has 0 radical (unpaired) electrons. The highest BCUT2D eigenvalue weighted by atomic mass is 127. The fourth-order valence-corrected chi connectivity index (χ4v) is 3.94. The molecule has 2 rings (SSSR count). The van der Waals surface area contributed by atoms with Crippen molar-refractivity contribution in [1.29, 1.82) is 0 Å². The van der Waals surface area contributed by atoms with Crippen LogP contribution in [0.5, 0.6) is 0 Å². The van der Waals surface area contributed by atoms with E-state index in [4.69, 9.17) is 5.11 Å². The maximum absolute atomic E-state index is 12.5. The smallest absolute Gasteiger partial charge is 0.265 e. The van der Waals surface area contributed by atoms with Gasteiger partial charge in [-0.2, -0.15) is 5.10 Å². The Morgan fingerprint density at radius 2 is 1.90 bits per heavy atom. The Morgan fingerprint density at radius 3 is 2.48 bits per heavy atom.